The number of rotatable bonds is 5. The molecule has 0 atom stereocenters. The van der Waals surface area contributed by atoms with E-state index in [4.69, 9.17) is 5.73 Å². The monoisotopic (exact) mass is 291 g/mol. The molecule has 0 aliphatic rings. The van der Waals surface area contributed by atoms with E-state index in [0.717, 1.165) is 18.7 Å². The highest BCUT2D eigenvalue weighted by molar-refractivity contribution is 5.27. The average Bonchev–Trinajstić information content (AvgIpc) is 2.92. The predicted octanol–water partition coefficient (Wildman–Crippen LogP) is 3.29. The average molecular weight is 291 g/mol. The highest BCUT2D eigenvalue weighted by Gasteiger charge is 2.08. The first kappa shape index (κ1) is 14.5. The molecule has 0 saturated carbocycles. The van der Waals surface area contributed by atoms with E-state index in [2.05, 4.69) is 71.3 Å². The second-order valence-electron chi connectivity index (χ2n) is 5.64. The van der Waals surface area contributed by atoms with Crippen LogP contribution in [0.2, 0.25) is 0 Å². The van der Waals surface area contributed by atoms with Gasteiger partial charge >= 0.3 is 0 Å². The van der Waals surface area contributed by atoms with Gasteiger partial charge in [0, 0.05) is 18.7 Å². The van der Waals surface area contributed by atoms with Crippen molar-refractivity contribution in [2.75, 3.05) is 0 Å². The van der Waals surface area contributed by atoms with Gasteiger partial charge in [0.15, 0.2) is 0 Å². The Labute approximate surface area is 131 Å². The van der Waals surface area contributed by atoms with Crippen LogP contribution in [-0.4, -0.2) is 9.78 Å². The number of nitrogens with two attached hydrogens (primary N) is 1. The summed E-state index contributed by atoms with van der Waals surface area (Å²) >= 11 is 0. The van der Waals surface area contributed by atoms with Crippen LogP contribution >= 0.6 is 0 Å². The van der Waals surface area contributed by atoms with Gasteiger partial charge in [-0.3, -0.25) is 4.68 Å². The Kier molecular flexibility index (Phi) is 4.35. The minimum Gasteiger partial charge on any atom is -0.325 e. The Bertz CT molecular complexity index is 727. The Morgan fingerprint density at radius 1 is 0.955 bits per heavy atom. The number of aromatic nitrogens is 2. The summed E-state index contributed by atoms with van der Waals surface area (Å²) in [5.41, 5.74) is 11.7. The maximum atomic E-state index is 5.76. The Morgan fingerprint density at radius 3 is 2.36 bits per heavy atom. The van der Waals surface area contributed by atoms with Crippen LogP contribution in [0.1, 0.15) is 28.1 Å². The van der Waals surface area contributed by atoms with E-state index >= 15 is 0 Å². The maximum absolute atomic E-state index is 5.76. The summed E-state index contributed by atoms with van der Waals surface area (Å²) in [6, 6.07) is 21.2. The lowest BCUT2D eigenvalue weighted by atomic mass is 10.1. The van der Waals surface area contributed by atoms with Crippen molar-refractivity contribution < 1.29 is 0 Å². The van der Waals surface area contributed by atoms with Crippen LogP contribution in [-0.2, 0) is 19.5 Å². The molecule has 3 rings (SSSR count). The standard InChI is InChI=1S/C19H21N3/c1-15-7-9-16(10-8-15)11-19-12-18(13-20)21-22(19)14-17-5-3-2-4-6-17/h2-10,12H,11,13-14,20H2,1H3. The van der Waals surface area contributed by atoms with Crippen LogP contribution in [0.15, 0.2) is 60.7 Å². The normalized spacial score (nSPS) is 10.8. The second-order valence-corrected chi connectivity index (χ2v) is 5.64. The number of benzene rings is 2. The zero-order valence-corrected chi connectivity index (χ0v) is 12.9. The van der Waals surface area contributed by atoms with Gasteiger partial charge in [-0.15, -0.1) is 0 Å². The Balaban J connectivity index is 1.86. The van der Waals surface area contributed by atoms with Crippen LogP contribution in [0.4, 0.5) is 0 Å². The van der Waals surface area contributed by atoms with Crippen molar-refractivity contribution in [1.82, 2.24) is 9.78 Å². The molecule has 0 aliphatic heterocycles. The molecule has 22 heavy (non-hydrogen) atoms. The van der Waals surface area contributed by atoms with Crippen LogP contribution in [0.25, 0.3) is 0 Å². The molecule has 112 valence electrons. The quantitative estimate of drug-likeness (QED) is 0.784. The van der Waals surface area contributed by atoms with Crippen molar-refractivity contribution in [3.8, 4) is 0 Å². The van der Waals surface area contributed by atoms with Crippen molar-refractivity contribution in [3.63, 3.8) is 0 Å². The van der Waals surface area contributed by atoms with Gasteiger partial charge in [0.1, 0.15) is 0 Å². The molecule has 0 unspecified atom stereocenters. The van der Waals surface area contributed by atoms with Crippen molar-refractivity contribution in [2.45, 2.75) is 26.4 Å². The summed E-state index contributed by atoms with van der Waals surface area (Å²) in [4.78, 5) is 0. The summed E-state index contributed by atoms with van der Waals surface area (Å²) in [5.74, 6) is 0. The number of nitrogens with zero attached hydrogens (tertiary/aromatic N) is 2. The van der Waals surface area contributed by atoms with Gasteiger partial charge in [-0.2, -0.15) is 5.10 Å². The van der Waals surface area contributed by atoms with Gasteiger partial charge < -0.3 is 5.73 Å². The number of aryl methyl sites for hydroxylation is 1. The fourth-order valence-electron chi connectivity index (χ4n) is 2.57. The zero-order valence-electron chi connectivity index (χ0n) is 12.9. The molecule has 0 fully saturated rings. The lowest BCUT2D eigenvalue weighted by Gasteiger charge is -2.08. The maximum Gasteiger partial charge on any atom is 0.0763 e. The molecule has 1 aromatic heterocycles. The van der Waals surface area contributed by atoms with Gasteiger partial charge in [0.25, 0.3) is 0 Å². The van der Waals surface area contributed by atoms with E-state index in [1.807, 2.05) is 6.07 Å². The lowest BCUT2D eigenvalue weighted by Crippen LogP contribution is -2.07. The predicted molar refractivity (Wildman–Crippen MR) is 89.6 cm³/mol. The summed E-state index contributed by atoms with van der Waals surface area (Å²) in [6.45, 7) is 3.36. The Hall–Kier alpha value is -2.39. The fraction of sp³-hybridized carbons (Fsp3) is 0.211. The van der Waals surface area contributed by atoms with E-state index in [1.165, 1.54) is 22.4 Å². The number of hydrogen-bond donors (Lipinski definition) is 1. The smallest absolute Gasteiger partial charge is 0.0763 e. The van der Waals surface area contributed by atoms with Crippen LogP contribution < -0.4 is 5.73 Å². The van der Waals surface area contributed by atoms with Gasteiger partial charge in [0.2, 0.25) is 0 Å². The molecular weight excluding hydrogens is 270 g/mol. The third kappa shape index (κ3) is 3.43. The molecular formula is C19H21N3. The van der Waals surface area contributed by atoms with Gasteiger partial charge in [0.05, 0.1) is 12.2 Å². The van der Waals surface area contributed by atoms with E-state index < -0.39 is 0 Å². The van der Waals surface area contributed by atoms with Gasteiger partial charge in [-0.1, -0.05) is 60.2 Å². The molecule has 3 aromatic rings. The first-order valence-electron chi connectivity index (χ1n) is 7.60. The molecule has 3 heteroatoms. The minimum absolute atomic E-state index is 0.475. The molecule has 1 heterocycles. The molecule has 2 aromatic carbocycles. The molecule has 3 nitrogen and oxygen atoms in total. The van der Waals surface area contributed by atoms with Crippen molar-refractivity contribution in [2.24, 2.45) is 5.73 Å². The summed E-state index contributed by atoms with van der Waals surface area (Å²) in [6.07, 6.45) is 0.875. The van der Waals surface area contributed by atoms with Gasteiger partial charge in [-0.25, -0.2) is 0 Å². The molecule has 0 spiro atoms. The third-order valence-electron chi connectivity index (χ3n) is 3.80. The van der Waals surface area contributed by atoms with Crippen molar-refractivity contribution >= 4 is 0 Å². The van der Waals surface area contributed by atoms with Crippen LogP contribution in [0, 0.1) is 6.92 Å². The topological polar surface area (TPSA) is 43.8 Å². The van der Waals surface area contributed by atoms with E-state index in [-0.39, 0.29) is 0 Å². The second kappa shape index (κ2) is 6.58. The SMILES string of the molecule is Cc1ccc(Cc2cc(CN)nn2Cc2ccccc2)cc1. The van der Waals surface area contributed by atoms with Crippen molar-refractivity contribution in [1.29, 1.82) is 0 Å². The highest BCUT2D eigenvalue weighted by atomic mass is 15.3. The van der Waals surface area contributed by atoms with Crippen LogP contribution in [0.5, 0.6) is 0 Å². The molecule has 0 amide bonds. The lowest BCUT2D eigenvalue weighted by molar-refractivity contribution is 0.643. The van der Waals surface area contributed by atoms with Crippen molar-refractivity contribution in [3.05, 3.63) is 88.7 Å². The first-order chi connectivity index (χ1) is 10.7. The highest BCUT2D eigenvalue weighted by Crippen LogP contribution is 2.14. The molecule has 0 aliphatic carbocycles. The van der Waals surface area contributed by atoms with E-state index in [1.54, 1.807) is 0 Å². The molecule has 2 N–H and O–H groups in total. The number of hydrogen-bond acceptors (Lipinski definition) is 2. The molecule has 0 saturated heterocycles. The van der Waals surface area contributed by atoms with Gasteiger partial charge in [-0.05, 0) is 24.1 Å². The first-order valence-corrected chi connectivity index (χ1v) is 7.60. The summed E-state index contributed by atoms with van der Waals surface area (Å²) < 4.78 is 2.07. The fourth-order valence-corrected chi connectivity index (χ4v) is 2.57. The largest absolute Gasteiger partial charge is 0.325 e. The van der Waals surface area contributed by atoms with Crippen LogP contribution in [0.3, 0.4) is 0 Å². The summed E-state index contributed by atoms with van der Waals surface area (Å²) in [5, 5.41) is 4.63. The zero-order chi connectivity index (χ0) is 15.4. The summed E-state index contributed by atoms with van der Waals surface area (Å²) in [7, 11) is 0. The van der Waals surface area contributed by atoms with E-state index in [9.17, 15) is 0 Å². The molecule has 0 bridgehead atoms. The Morgan fingerprint density at radius 2 is 1.68 bits per heavy atom. The minimum atomic E-state index is 0.475. The molecule has 0 radical (unpaired) electrons. The van der Waals surface area contributed by atoms with E-state index in [0.29, 0.717) is 6.54 Å². The third-order valence-corrected chi connectivity index (χ3v) is 3.80.